The van der Waals surface area contributed by atoms with Crippen LogP contribution >= 0.6 is 11.6 Å². The SMILES string of the molecule is O=[N+]([O-])c1c(Cl)cccc1NC(CO)c1ccccc1. The number of halogens is 1. The number of aliphatic hydroxyl groups excluding tert-OH is 1. The smallest absolute Gasteiger partial charge is 0.310 e. The molecule has 0 radical (unpaired) electrons. The van der Waals surface area contributed by atoms with Crippen LogP contribution in [-0.2, 0) is 0 Å². The van der Waals surface area contributed by atoms with E-state index >= 15 is 0 Å². The first-order chi connectivity index (χ1) is 9.63. The number of para-hydroxylation sites is 1. The fourth-order valence-corrected chi connectivity index (χ4v) is 2.17. The van der Waals surface area contributed by atoms with Crippen LogP contribution in [-0.4, -0.2) is 16.6 Å². The van der Waals surface area contributed by atoms with Gasteiger partial charge < -0.3 is 10.4 Å². The summed E-state index contributed by atoms with van der Waals surface area (Å²) < 4.78 is 0. The van der Waals surface area contributed by atoms with Crippen molar-refractivity contribution in [2.75, 3.05) is 11.9 Å². The number of hydrogen-bond acceptors (Lipinski definition) is 4. The van der Waals surface area contributed by atoms with E-state index in [0.717, 1.165) is 5.56 Å². The van der Waals surface area contributed by atoms with Gasteiger partial charge in [0.2, 0.25) is 0 Å². The molecule has 0 aromatic heterocycles. The molecule has 2 aromatic rings. The monoisotopic (exact) mass is 292 g/mol. The van der Waals surface area contributed by atoms with E-state index in [-0.39, 0.29) is 23.0 Å². The first-order valence-corrected chi connectivity index (χ1v) is 6.36. The third-order valence-electron chi connectivity index (χ3n) is 2.88. The van der Waals surface area contributed by atoms with Gasteiger partial charge in [0.15, 0.2) is 0 Å². The predicted octanol–water partition coefficient (Wildman–Crippen LogP) is 3.39. The summed E-state index contributed by atoms with van der Waals surface area (Å²) in [5.74, 6) is 0. The predicted molar refractivity (Wildman–Crippen MR) is 78.0 cm³/mol. The van der Waals surface area contributed by atoms with Crippen LogP contribution in [0.1, 0.15) is 11.6 Å². The van der Waals surface area contributed by atoms with Gasteiger partial charge in [-0.1, -0.05) is 48.0 Å². The molecule has 0 aliphatic carbocycles. The first kappa shape index (κ1) is 14.3. The van der Waals surface area contributed by atoms with Gasteiger partial charge in [-0.05, 0) is 17.7 Å². The Morgan fingerprint density at radius 3 is 2.50 bits per heavy atom. The molecule has 2 N–H and O–H groups in total. The van der Waals surface area contributed by atoms with Crippen molar-refractivity contribution in [1.82, 2.24) is 0 Å². The normalized spacial score (nSPS) is 11.9. The van der Waals surface area contributed by atoms with Crippen LogP contribution in [0.5, 0.6) is 0 Å². The second kappa shape index (κ2) is 6.36. The highest BCUT2D eigenvalue weighted by atomic mass is 35.5. The van der Waals surface area contributed by atoms with Gasteiger partial charge in [-0.2, -0.15) is 0 Å². The molecule has 0 aliphatic rings. The molecular formula is C14H13ClN2O3. The summed E-state index contributed by atoms with van der Waals surface area (Å²) >= 11 is 5.85. The van der Waals surface area contributed by atoms with Crippen molar-refractivity contribution in [3.05, 3.63) is 69.2 Å². The van der Waals surface area contributed by atoms with Crippen molar-refractivity contribution in [3.8, 4) is 0 Å². The molecule has 1 unspecified atom stereocenters. The first-order valence-electron chi connectivity index (χ1n) is 5.98. The van der Waals surface area contributed by atoms with E-state index in [0.29, 0.717) is 0 Å². The van der Waals surface area contributed by atoms with Crippen LogP contribution in [0.4, 0.5) is 11.4 Å². The molecule has 20 heavy (non-hydrogen) atoms. The zero-order valence-electron chi connectivity index (χ0n) is 10.5. The average Bonchev–Trinajstić information content (AvgIpc) is 2.45. The Morgan fingerprint density at radius 1 is 1.20 bits per heavy atom. The van der Waals surface area contributed by atoms with Gasteiger partial charge in [0, 0.05) is 0 Å². The maximum absolute atomic E-state index is 11.1. The summed E-state index contributed by atoms with van der Waals surface area (Å²) in [6.07, 6.45) is 0. The van der Waals surface area contributed by atoms with Crippen molar-refractivity contribution < 1.29 is 10.0 Å². The molecule has 0 heterocycles. The molecule has 0 aliphatic heterocycles. The highest BCUT2D eigenvalue weighted by Gasteiger charge is 2.21. The van der Waals surface area contributed by atoms with E-state index in [1.807, 2.05) is 30.3 Å². The summed E-state index contributed by atoms with van der Waals surface area (Å²) in [5.41, 5.74) is 0.929. The summed E-state index contributed by atoms with van der Waals surface area (Å²) in [5, 5.41) is 23.6. The Balaban J connectivity index is 2.33. The third-order valence-corrected chi connectivity index (χ3v) is 3.19. The lowest BCUT2D eigenvalue weighted by Gasteiger charge is -2.18. The van der Waals surface area contributed by atoms with Crippen LogP contribution < -0.4 is 5.32 Å². The van der Waals surface area contributed by atoms with Crippen LogP contribution in [0.2, 0.25) is 5.02 Å². The number of anilines is 1. The Morgan fingerprint density at radius 2 is 1.90 bits per heavy atom. The fraction of sp³-hybridized carbons (Fsp3) is 0.143. The van der Waals surface area contributed by atoms with E-state index in [1.54, 1.807) is 12.1 Å². The highest BCUT2D eigenvalue weighted by molar-refractivity contribution is 6.33. The lowest BCUT2D eigenvalue weighted by atomic mass is 10.1. The molecular weight excluding hydrogens is 280 g/mol. The van der Waals surface area contributed by atoms with Crippen LogP contribution in [0.15, 0.2) is 48.5 Å². The van der Waals surface area contributed by atoms with Crippen molar-refractivity contribution in [2.24, 2.45) is 0 Å². The van der Waals surface area contributed by atoms with E-state index in [9.17, 15) is 15.2 Å². The summed E-state index contributed by atoms with van der Waals surface area (Å²) in [7, 11) is 0. The van der Waals surface area contributed by atoms with Crippen molar-refractivity contribution in [1.29, 1.82) is 0 Å². The lowest BCUT2D eigenvalue weighted by molar-refractivity contribution is -0.383. The minimum atomic E-state index is -0.538. The minimum absolute atomic E-state index is 0.0600. The maximum Gasteiger partial charge on any atom is 0.310 e. The maximum atomic E-state index is 11.1. The average molecular weight is 293 g/mol. The fourth-order valence-electron chi connectivity index (χ4n) is 1.92. The number of nitro groups is 1. The highest BCUT2D eigenvalue weighted by Crippen LogP contribution is 2.34. The summed E-state index contributed by atoms with van der Waals surface area (Å²) in [6.45, 7) is -0.187. The molecule has 6 heteroatoms. The summed E-state index contributed by atoms with van der Waals surface area (Å²) in [6, 6.07) is 13.4. The van der Waals surface area contributed by atoms with Gasteiger partial charge in [0.05, 0.1) is 17.6 Å². The molecule has 0 spiro atoms. The van der Waals surface area contributed by atoms with Gasteiger partial charge in [-0.3, -0.25) is 10.1 Å². The number of rotatable bonds is 5. The Labute approximate surface area is 121 Å². The van der Waals surface area contributed by atoms with Gasteiger partial charge in [0.25, 0.3) is 0 Å². The second-order valence-electron chi connectivity index (χ2n) is 4.18. The third kappa shape index (κ3) is 3.07. The molecule has 2 aromatic carbocycles. The lowest BCUT2D eigenvalue weighted by Crippen LogP contribution is -2.15. The van der Waals surface area contributed by atoms with E-state index in [2.05, 4.69) is 5.32 Å². The quantitative estimate of drug-likeness (QED) is 0.654. The molecule has 5 nitrogen and oxygen atoms in total. The van der Waals surface area contributed by atoms with Gasteiger partial charge >= 0.3 is 5.69 Å². The molecule has 0 saturated heterocycles. The largest absolute Gasteiger partial charge is 0.394 e. The standard InChI is InChI=1S/C14H13ClN2O3/c15-11-7-4-8-12(14(11)17(19)20)16-13(9-18)10-5-2-1-3-6-10/h1-8,13,16,18H,9H2. The Bertz CT molecular complexity index is 605. The molecule has 0 bridgehead atoms. The zero-order chi connectivity index (χ0) is 14.5. The van der Waals surface area contributed by atoms with Crippen LogP contribution in [0, 0.1) is 10.1 Å². The van der Waals surface area contributed by atoms with Gasteiger partial charge in [0.1, 0.15) is 10.7 Å². The molecule has 0 amide bonds. The summed E-state index contributed by atoms with van der Waals surface area (Å²) in [4.78, 5) is 10.5. The topological polar surface area (TPSA) is 75.4 Å². The molecule has 104 valence electrons. The Kier molecular flexibility index (Phi) is 4.55. The number of nitrogens with zero attached hydrogens (tertiary/aromatic N) is 1. The Hall–Kier alpha value is -2.11. The van der Waals surface area contributed by atoms with Crippen molar-refractivity contribution in [2.45, 2.75) is 6.04 Å². The number of nitrogens with one attached hydrogen (secondary N) is 1. The number of nitro benzene ring substituents is 1. The van der Waals surface area contributed by atoms with Crippen LogP contribution in [0.25, 0.3) is 0 Å². The van der Waals surface area contributed by atoms with E-state index < -0.39 is 11.0 Å². The molecule has 2 rings (SSSR count). The van der Waals surface area contributed by atoms with E-state index in [1.165, 1.54) is 6.07 Å². The number of aliphatic hydroxyl groups is 1. The van der Waals surface area contributed by atoms with Crippen molar-refractivity contribution >= 4 is 23.0 Å². The van der Waals surface area contributed by atoms with Gasteiger partial charge in [-0.15, -0.1) is 0 Å². The molecule has 0 fully saturated rings. The minimum Gasteiger partial charge on any atom is -0.394 e. The number of hydrogen-bond donors (Lipinski definition) is 2. The van der Waals surface area contributed by atoms with Gasteiger partial charge in [-0.25, -0.2) is 0 Å². The molecule has 1 atom stereocenters. The van der Waals surface area contributed by atoms with Crippen LogP contribution in [0.3, 0.4) is 0 Å². The second-order valence-corrected chi connectivity index (χ2v) is 4.59. The zero-order valence-corrected chi connectivity index (χ0v) is 11.2. The van der Waals surface area contributed by atoms with E-state index in [4.69, 9.17) is 11.6 Å². The van der Waals surface area contributed by atoms with Crippen molar-refractivity contribution in [3.63, 3.8) is 0 Å². The molecule has 0 saturated carbocycles. The number of benzene rings is 2.